The van der Waals surface area contributed by atoms with Gasteiger partial charge in [-0.2, -0.15) is 11.8 Å². The van der Waals surface area contributed by atoms with E-state index < -0.39 is 0 Å². The van der Waals surface area contributed by atoms with E-state index in [0.29, 0.717) is 23.8 Å². The lowest BCUT2D eigenvalue weighted by Gasteiger charge is -2.13. The van der Waals surface area contributed by atoms with Crippen LogP contribution in [0.15, 0.2) is 18.3 Å². The normalized spacial score (nSPS) is 11.9. The summed E-state index contributed by atoms with van der Waals surface area (Å²) >= 11 is 1.80. The van der Waals surface area contributed by atoms with Crippen molar-refractivity contribution in [2.45, 2.75) is 20.3 Å². The molecule has 19 heavy (non-hydrogen) atoms. The zero-order chi connectivity index (χ0) is 14.1. The number of rotatable bonds is 8. The number of hydrogen-bond donors (Lipinski definition) is 2. The summed E-state index contributed by atoms with van der Waals surface area (Å²) in [4.78, 5) is 16.4. The highest BCUT2D eigenvalue weighted by Gasteiger charge is 2.12. The molecular weight excluding hydrogens is 258 g/mol. The van der Waals surface area contributed by atoms with E-state index in [9.17, 15) is 4.79 Å². The lowest BCUT2D eigenvalue weighted by atomic mass is 10.2. The minimum atomic E-state index is -0.0559. The van der Waals surface area contributed by atoms with Crippen LogP contribution in [0.1, 0.15) is 30.6 Å². The summed E-state index contributed by atoms with van der Waals surface area (Å²) in [6.07, 6.45) is 4.78. The van der Waals surface area contributed by atoms with Crippen LogP contribution >= 0.6 is 11.8 Å². The summed E-state index contributed by atoms with van der Waals surface area (Å²) in [5.74, 6) is 2.13. The molecule has 5 heteroatoms. The van der Waals surface area contributed by atoms with Crippen LogP contribution in [0.3, 0.4) is 0 Å². The van der Waals surface area contributed by atoms with Gasteiger partial charge in [-0.15, -0.1) is 0 Å². The summed E-state index contributed by atoms with van der Waals surface area (Å²) in [6.45, 7) is 5.73. The number of carbonyl (C=O) groups is 1. The number of anilines is 1. The summed E-state index contributed by atoms with van der Waals surface area (Å²) in [7, 11) is 0. The number of aromatic nitrogens is 1. The Morgan fingerprint density at radius 2 is 2.32 bits per heavy atom. The van der Waals surface area contributed by atoms with E-state index in [1.165, 1.54) is 0 Å². The zero-order valence-electron chi connectivity index (χ0n) is 11.9. The predicted octanol–water partition coefficient (Wildman–Crippen LogP) is 2.63. The van der Waals surface area contributed by atoms with Crippen molar-refractivity contribution in [3.05, 3.63) is 23.9 Å². The number of pyridine rings is 1. The molecule has 4 nitrogen and oxygen atoms in total. The Kier molecular flexibility index (Phi) is 7.33. The van der Waals surface area contributed by atoms with E-state index in [4.69, 9.17) is 0 Å². The van der Waals surface area contributed by atoms with Gasteiger partial charge in [0, 0.05) is 19.3 Å². The molecule has 2 N–H and O–H groups in total. The lowest BCUT2D eigenvalue weighted by molar-refractivity contribution is 0.0950. The Morgan fingerprint density at radius 3 is 3.00 bits per heavy atom. The highest BCUT2D eigenvalue weighted by atomic mass is 32.2. The second kappa shape index (κ2) is 8.80. The number of hydrogen-bond acceptors (Lipinski definition) is 4. The van der Waals surface area contributed by atoms with Gasteiger partial charge < -0.3 is 10.6 Å². The van der Waals surface area contributed by atoms with Crippen molar-refractivity contribution in [3.63, 3.8) is 0 Å². The summed E-state index contributed by atoms with van der Waals surface area (Å²) < 4.78 is 0. The molecule has 1 rings (SSSR count). The van der Waals surface area contributed by atoms with Crippen molar-refractivity contribution in [1.29, 1.82) is 0 Å². The summed E-state index contributed by atoms with van der Waals surface area (Å²) in [6, 6.07) is 3.59. The van der Waals surface area contributed by atoms with Crippen LogP contribution < -0.4 is 10.6 Å². The second-order valence-corrected chi connectivity index (χ2v) is 5.51. The van der Waals surface area contributed by atoms with Crippen molar-refractivity contribution in [3.8, 4) is 0 Å². The van der Waals surface area contributed by atoms with Crippen LogP contribution in [0.4, 0.5) is 5.82 Å². The Bertz CT molecular complexity index is 398. The molecule has 1 atom stereocenters. The number of amides is 1. The lowest BCUT2D eigenvalue weighted by Crippen LogP contribution is -2.30. The van der Waals surface area contributed by atoms with Gasteiger partial charge in [0.25, 0.3) is 5.91 Å². The fraction of sp³-hybridized carbons (Fsp3) is 0.571. The maximum absolute atomic E-state index is 12.1. The first-order chi connectivity index (χ1) is 9.19. The Balaban J connectivity index is 2.60. The molecule has 0 saturated carbocycles. The monoisotopic (exact) mass is 281 g/mol. The Morgan fingerprint density at radius 1 is 1.53 bits per heavy atom. The van der Waals surface area contributed by atoms with Crippen LogP contribution in [-0.4, -0.2) is 36.0 Å². The molecular formula is C14H23N3OS. The Hall–Kier alpha value is -1.23. The van der Waals surface area contributed by atoms with E-state index in [1.807, 2.05) is 0 Å². The molecule has 0 radical (unpaired) electrons. The molecule has 0 spiro atoms. The molecule has 0 bridgehead atoms. The molecule has 0 aromatic carbocycles. The Labute approximate surface area is 119 Å². The number of nitrogens with one attached hydrogen (secondary N) is 2. The average molecular weight is 281 g/mol. The third kappa shape index (κ3) is 5.51. The van der Waals surface area contributed by atoms with Gasteiger partial charge in [-0.3, -0.25) is 4.79 Å². The SMILES string of the molecule is CCCNc1ncccc1C(=O)NCC(C)CSC. The first-order valence-electron chi connectivity index (χ1n) is 6.65. The largest absolute Gasteiger partial charge is 0.369 e. The molecule has 1 aromatic rings. The highest BCUT2D eigenvalue weighted by Crippen LogP contribution is 2.11. The van der Waals surface area contributed by atoms with E-state index >= 15 is 0 Å². The van der Waals surface area contributed by atoms with Gasteiger partial charge in [-0.1, -0.05) is 13.8 Å². The maximum Gasteiger partial charge on any atom is 0.255 e. The summed E-state index contributed by atoms with van der Waals surface area (Å²) in [5.41, 5.74) is 0.618. The van der Waals surface area contributed by atoms with Crippen molar-refractivity contribution < 1.29 is 4.79 Å². The maximum atomic E-state index is 12.1. The topological polar surface area (TPSA) is 54.0 Å². The fourth-order valence-corrected chi connectivity index (χ4v) is 2.37. The van der Waals surface area contributed by atoms with Gasteiger partial charge >= 0.3 is 0 Å². The van der Waals surface area contributed by atoms with E-state index in [0.717, 1.165) is 18.7 Å². The third-order valence-electron chi connectivity index (χ3n) is 2.66. The van der Waals surface area contributed by atoms with Gasteiger partial charge in [0.2, 0.25) is 0 Å². The molecule has 0 aliphatic rings. The van der Waals surface area contributed by atoms with Crippen LogP contribution in [0.2, 0.25) is 0 Å². The van der Waals surface area contributed by atoms with Gasteiger partial charge in [-0.05, 0) is 36.5 Å². The molecule has 106 valence electrons. The highest BCUT2D eigenvalue weighted by molar-refractivity contribution is 7.98. The molecule has 1 amide bonds. The molecule has 0 fully saturated rings. The van der Waals surface area contributed by atoms with E-state index in [-0.39, 0.29) is 5.91 Å². The number of nitrogens with zero attached hydrogens (tertiary/aromatic N) is 1. The standard InChI is InChI=1S/C14H23N3OS/c1-4-7-15-13-12(6-5-8-16-13)14(18)17-9-11(2)10-19-3/h5-6,8,11H,4,7,9-10H2,1-3H3,(H,15,16)(H,17,18). The summed E-state index contributed by atoms with van der Waals surface area (Å²) in [5, 5.41) is 6.15. The second-order valence-electron chi connectivity index (χ2n) is 4.60. The first kappa shape index (κ1) is 15.8. The molecule has 1 unspecified atom stereocenters. The third-order valence-corrected chi connectivity index (χ3v) is 3.56. The fourth-order valence-electron chi connectivity index (χ4n) is 1.68. The van der Waals surface area contributed by atoms with Crippen LogP contribution in [0, 0.1) is 5.92 Å². The number of thioether (sulfide) groups is 1. The molecule has 1 heterocycles. The van der Waals surface area contributed by atoms with Crippen molar-refractivity contribution in [2.75, 3.05) is 30.4 Å². The van der Waals surface area contributed by atoms with Gasteiger partial charge in [0.15, 0.2) is 0 Å². The van der Waals surface area contributed by atoms with E-state index in [2.05, 4.69) is 35.7 Å². The van der Waals surface area contributed by atoms with E-state index in [1.54, 1.807) is 30.1 Å². The van der Waals surface area contributed by atoms with Crippen LogP contribution in [0.5, 0.6) is 0 Å². The molecule has 0 aliphatic heterocycles. The predicted molar refractivity (Wildman–Crippen MR) is 82.9 cm³/mol. The smallest absolute Gasteiger partial charge is 0.255 e. The van der Waals surface area contributed by atoms with Crippen molar-refractivity contribution >= 4 is 23.5 Å². The van der Waals surface area contributed by atoms with Gasteiger partial charge in [0.1, 0.15) is 5.82 Å². The molecule has 0 aliphatic carbocycles. The molecule has 1 aromatic heterocycles. The van der Waals surface area contributed by atoms with Crippen LogP contribution in [-0.2, 0) is 0 Å². The van der Waals surface area contributed by atoms with Gasteiger partial charge in [0.05, 0.1) is 5.56 Å². The van der Waals surface area contributed by atoms with Crippen molar-refractivity contribution in [1.82, 2.24) is 10.3 Å². The van der Waals surface area contributed by atoms with Gasteiger partial charge in [-0.25, -0.2) is 4.98 Å². The van der Waals surface area contributed by atoms with Crippen molar-refractivity contribution in [2.24, 2.45) is 5.92 Å². The van der Waals surface area contributed by atoms with Crippen LogP contribution in [0.25, 0.3) is 0 Å². The molecule has 0 saturated heterocycles. The average Bonchev–Trinajstić information content (AvgIpc) is 2.43. The number of carbonyl (C=O) groups excluding carboxylic acids is 1. The first-order valence-corrected chi connectivity index (χ1v) is 8.04. The quantitative estimate of drug-likeness (QED) is 0.769. The minimum absolute atomic E-state index is 0.0559. The minimum Gasteiger partial charge on any atom is -0.369 e. The zero-order valence-corrected chi connectivity index (χ0v) is 12.7.